The van der Waals surface area contributed by atoms with Gasteiger partial charge in [-0.1, -0.05) is 18.5 Å². The van der Waals surface area contributed by atoms with Crippen molar-refractivity contribution < 1.29 is 24.5 Å². The molecule has 1 amide bonds. The van der Waals surface area contributed by atoms with Gasteiger partial charge >= 0.3 is 5.97 Å². The molecule has 0 fully saturated rings. The second kappa shape index (κ2) is 8.11. The Morgan fingerprint density at radius 2 is 2.08 bits per heavy atom. The number of hydrogen-bond acceptors (Lipinski definition) is 7. The highest BCUT2D eigenvalue weighted by atomic mass is 35.5. The highest BCUT2D eigenvalue weighted by molar-refractivity contribution is 6.32. The maximum Gasteiger partial charge on any atom is 0.343 e. The zero-order valence-corrected chi connectivity index (χ0v) is 21.4. The summed E-state index contributed by atoms with van der Waals surface area (Å²) in [6, 6.07) is 3.06. The molecule has 3 atom stereocenters. The standard InChI is InChI=1S/C27H26ClN3O6/c1-4-27(36)16-7-20-23-14(9-31(20)25(34)15(16)10-37-26(27)35)22-18(30-24(33)12(3)32)6-5-13-11(2)17(28)8-19(29-23)21(13)22/h7-8,12,18,32,36H,4-6,9-10H2,1-3H3,(H,30,33)/t12-,18-,27+/m1/s1. The monoisotopic (exact) mass is 523 g/mol. The number of nitrogens with one attached hydrogen (secondary N) is 1. The molecule has 1 aromatic carbocycles. The van der Waals surface area contributed by atoms with Crippen LogP contribution in [-0.2, 0) is 39.5 Å². The first-order valence-electron chi connectivity index (χ1n) is 12.4. The number of pyridine rings is 2. The number of fused-ring (bicyclic) bond motifs is 5. The third-order valence-corrected chi connectivity index (χ3v) is 8.47. The number of carbonyl (C=O) groups excluding carboxylic acids is 2. The lowest BCUT2D eigenvalue weighted by Gasteiger charge is -2.31. The van der Waals surface area contributed by atoms with Crippen LogP contribution in [0.25, 0.3) is 22.3 Å². The minimum absolute atomic E-state index is 0.0523. The molecule has 10 heteroatoms. The molecule has 6 rings (SSSR count). The Morgan fingerprint density at radius 3 is 2.78 bits per heavy atom. The van der Waals surface area contributed by atoms with Gasteiger partial charge in [-0.25, -0.2) is 9.78 Å². The molecule has 1 aliphatic carbocycles. The summed E-state index contributed by atoms with van der Waals surface area (Å²) in [6.45, 7) is 5.04. The van der Waals surface area contributed by atoms with Crippen molar-refractivity contribution in [1.82, 2.24) is 14.9 Å². The van der Waals surface area contributed by atoms with Crippen LogP contribution in [0.3, 0.4) is 0 Å². The van der Waals surface area contributed by atoms with Crippen LogP contribution in [0.15, 0.2) is 16.9 Å². The molecule has 0 saturated heterocycles. The number of nitrogens with zero attached hydrogens (tertiary/aromatic N) is 2. The van der Waals surface area contributed by atoms with Gasteiger partial charge < -0.3 is 24.8 Å². The highest BCUT2D eigenvalue weighted by Gasteiger charge is 2.46. The van der Waals surface area contributed by atoms with Crippen LogP contribution >= 0.6 is 11.6 Å². The molecule has 4 heterocycles. The number of benzene rings is 1. The van der Waals surface area contributed by atoms with E-state index in [4.69, 9.17) is 21.3 Å². The highest BCUT2D eigenvalue weighted by Crippen LogP contribution is 2.46. The van der Waals surface area contributed by atoms with Gasteiger partial charge in [-0.05, 0) is 61.9 Å². The fraction of sp³-hybridized carbons (Fsp3) is 0.407. The number of aliphatic hydroxyl groups excluding tert-OH is 1. The second-order valence-corrected chi connectivity index (χ2v) is 10.5. The van der Waals surface area contributed by atoms with Crippen LogP contribution in [0.5, 0.6) is 0 Å². The number of cyclic esters (lactones) is 1. The molecule has 3 aliphatic rings. The number of amides is 1. The average Bonchev–Trinajstić information content (AvgIpc) is 3.24. The Kier molecular flexibility index (Phi) is 5.28. The molecule has 0 unspecified atom stereocenters. The van der Waals surface area contributed by atoms with Gasteiger partial charge in [-0.3, -0.25) is 9.59 Å². The van der Waals surface area contributed by atoms with Gasteiger partial charge in [0, 0.05) is 21.5 Å². The van der Waals surface area contributed by atoms with Crippen molar-refractivity contribution in [2.24, 2.45) is 0 Å². The lowest BCUT2D eigenvalue weighted by atomic mass is 9.81. The SMILES string of the molecule is CC[C@@]1(O)C(=O)OCc2c1cc1n(c2=O)Cc2c-1nc1cc(Cl)c(C)c3c1c2[C@H](NC(=O)[C@@H](C)O)CC3. The van der Waals surface area contributed by atoms with Crippen molar-refractivity contribution in [3.8, 4) is 11.4 Å². The summed E-state index contributed by atoms with van der Waals surface area (Å²) in [5.74, 6) is -1.26. The van der Waals surface area contributed by atoms with Crippen molar-refractivity contribution in [2.45, 2.75) is 70.9 Å². The van der Waals surface area contributed by atoms with E-state index in [0.29, 0.717) is 34.8 Å². The minimum atomic E-state index is -1.92. The lowest BCUT2D eigenvalue weighted by Crippen LogP contribution is -2.44. The topological polar surface area (TPSA) is 131 Å². The predicted molar refractivity (Wildman–Crippen MR) is 135 cm³/mol. The van der Waals surface area contributed by atoms with E-state index in [1.54, 1.807) is 23.6 Å². The maximum absolute atomic E-state index is 13.6. The number of aliphatic hydroxyl groups is 2. The van der Waals surface area contributed by atoms with Crippen LogP contribution in [-0.4, -0.2) is 37.7 Å². The largest absolute Gasteiger partial charge is 0.458 e. The molecular weight excluding hydrogens is 498 g/mol. The molecule has 192 valence electrons. The first-order chi connectivity index (χ1) is 17.6. The van der Waals surface area contributed by atoms with Crippen LogP contribution in [0.1, 0.15) is 66.1 Å². The van der Waals surface area contributed by atoms with E-state index in [1.165, 1.54) is 6.92 Å². The Hall–Kier alpha value is -3.27. The Bertz CT molecular complexity index is 1610. The van der Waals surface area contributed by atoms with E-state index in [2.05, 4.69) is 5.32 Å². The number of hydrogen-bond donors (Lipinski definition) is 3. The molecule has 2 aliphatic heterocycles. The van der Waals surface area contributed by atoms with E-state index < -0.39 is 29.6 Å². The number of halogens is 1. The van der Waals surface area contributed by atoms with Crippen molar-refractivity contribution in [3.05, 3.63) is 60.9 Å². The normalized spacial score (nSPS) is 22.2. The molecule has 2 aromatic heterocycles. The Morgan fingerprint density at radius 1 is 1.32 bits per heavy atom. The van der Waals surface area contributed by atoms with Crippen molar-refractivity contribution in [3.63, 3.8) is 0 Å². The molecule has 37 heavy (non-hydrogen) atoms. The van der Waals surface area contributed by atoms with Gasteiger partial charge in [-0.2, -0.15) is 0 Å². The number of aryl methyl sites for hydroxylation is 1. The third-order valence-electron chi connectivity index (χ3n) is 8.07. The first kappa shape index (κ1) is 24.1. The minimum Gasteiger partial charge on any atom is -0.458 e. The zero-order chi connectivity index (χ0) is 26.4. The van der Waals surface area contributed by atoms with E-state index >= 15 is 0 Å². The third kappa shape index (κ3) is 3.24. The average molecular weight is 524 g/mol. The van der Waals surface area contributed by atoms with Gasteiger partial charge in [0.25, 0.3) is 5.56 Å². The van der Waals surface area contributed by atoms with Crippen LogP contribution in [0, 0.1) is 6.92 Å². The Labute approximate surface area is 217 Å². The summed E-state index contributed by atoms with van der Waals surface area (Å²) in [5.41, 5.74) is 3.54. The van der Waals surface area contributed by atoms with Crippen molar-refractivity contribution in [1.29, 1.82) is 0 Å². The van der Waals surface area contributed by atoms with E-state index in [9.17, 15) is 24.6 Å². The molecular formula is C27H26ClN3O6. The van der Waals surface area contributed by atoms with Crippen molar-refractivity contribution >= 4 is 34.4 Å². The second-order valence-electron chi connectivity index (χ2n) is 10.1. The van der Waals surface area contributed by atoms with Crippen LogP contribution in [0.4, 0.5) is 0 Å². The van der Waals surface area contributed by atoms with Gasteiger partial charge in [-0.15, -0.1) is 0 Å². The quantitative estimate of drug-likeness (QED) is 0.352. The summed E-state index contributed by atoms with van der Waals surface area (Å²) >= 11 is 6.57. The summed E-state index contributed by atoms with van der Waals surface area (Å²) in [4.78, 5) is 43.6. The maximum atomic E-state index is 13.6. The first-order valence-corrected chi connectivity index (χ1v) is 12.7. The van der Waals surface area contributed by atoms with E-state index in [-0.39, 0.29) is 36.3 Å². The van der Waals surface area contributed by atoms with Gasteiger partial charge in [0.2, 0.25) is 5.91 Å². The van der Waals surface area contributed by atoms with Crippen molar-refractivity contribution in [2.75, 3.05) is 0 Å². The Balaban J connectivity index is 1.65. The number of ether oxygens (including phenoxy) is 1. The summed E-state index contributed by atoms with van der Waals surface area (Å²) in [7, 11) is 0. The molecule has 3 aromatic rings. The molecule has 3 N–H and O–H groups in total. The van der Waals surface area contributed by atoms with Crippen LogP contribution < -0.4 is 10.9 Å². The van der Waals surface area contributed by atoms with E-state index in [1.807, 2.05) is 6.92 Å². The molecule has 0 bridgehead atoms. The van der Waals surface area contributed by atoms with E-state index in [0.717, 1.165) is 27.6 Å². The molecule has 0 radical (unpaired) electrons. The van der Waals surface area contributed by atoms with Gasteiger partial charge in [0.15, 0.2) is 5.60 Å². The summed E-state index contributed by atoms with van der Waals surface area (Å²) < 4.78 is 6.75. The molecule has 0 saturated carbocycles. The smallest absolute Gasteiger partial charge is 0.343 e. The summed E-state index contributed by atoms with van der Waals surface area (Å²) in [5, 5.41) is 25.5. The number of aromatic nitrogens is 2. The van der Waals surface area contributed by atoms with Crippen LogP contribution in [0.2, 0.25) is 5.02 Å². The number of carbonyl (C=O) groups is 2. The number of rotatable bonds is 3. The van der Waals surface area contributed by atoms with Gasteiger partial charge in [0.05, 0.1) is 35.1 Å². The molecule has 9 nitrogen and oxygen atoms in total. The van der Waals surface area contributed by atoms with Gasteiger partial charge in [0.1, 0.15) is 12.7 Å². The summed E-state index contributed by atoms with van der Waals surface area (Å²) in [6.07, 6.45) is 0.148. The lowest BCUT2D eigenvalue weighted by molar-refractivity contribution is -0.172. The zero-order valence-electron chi connectivity index (χ0n) is 20.6. The fourth-order valence-corrected chi connectivity index (χ4v) is 6.21. The number of esters is 1. The fourth-order valence-electron chi connectivity index (χ4n) is 5.99. The molecule has 0 spiro atoms. The predicted octanol–water partition coefficient (Wildman–Crippen LogP) is 2.53.